The first-order chi connectivity index (χ1) is 12.6. The van der Waals surface area contributed by atoms with E-state index in [1.807, 2.05) is 52.0 Å². The number of rotatable bonds is 7. The highest BCUT2D eigenvalue weighted by Crippen LogP contribution is 2.11. The number of nitrogens with zero attached hydrogens (tertiary/aromatic N) is 2. The molecule has 0 spiro atoms. The normalized spacial score (nSPS) is 11.3. The monoisotopic (exact) mass is 503 g/mol. The molecule has 2 amide bonds. The number of halogens is 1. The Balaban J connectivity index is 0.00000729. The molecule has 0 bridgehead atoms. The van der Waals surface area contributed by atoms with E-state index in [9.17, 15) is 9.59 Å². The van der Waals surface area contributed by atoms with E-state index in [2.05, 4.69) is 20.9 Å². The molecule has 0 fully saturated rings. The topological polar surface area (TPSA) is 85.8 Å². The van der Waals surface area contributed by atoms with Crippen LogP contribution in [0.1, 0.15) is 43.6 Å². The molecule has 0 aliphatic carbocycles. The number of nitrogens with one attached hydrogen (secondary N) is 3. The lowest BCUT2D eigenvalue weighted by atomic mass is 9.96. The fourth-order valence-corrected chi connectivity index (χ4v) is 2.15. The first kappa shape index (κ1) is 26.2. The minimum absolute atomic E-state index is 0. The van der Waals surface area contributed by atoms with Crippen molar-refractivity contribution in [2.24, 2.45) is 10.4 Å². The van der Waals surface area contributed by atoms with Crippen LogP contribution >= 0.6 is 24.0 Å². The molecule has 28 heavy (non-hydrogen) atoms. The second kappa shape index (κ2) is 12.6. The number of amides is 2. The third-order valence-electron chi connectivity index (χ3n) is 3.76. The van der Waals surface area contributed by atoms with Gasteiger partial charge in [0.05, 0.1) is 6.54 Å². The summed E-state index contributed by atoms with van der Waals surface area (Å²) in [5.41, 5.74) is 1.29. The van der Waals surface area contributed by atoms with Crippen LogP contribution in [0.2, 0.25) is 0 Å². The van der Waals surface area contributed by atoms with E-state index in [1.54, 1.807) is 19.0 Å². The molecule has 0 radical (unpaired) electrons. The van der Waals surface area contributed by atoms with Crippen LogP contribution < -0.4 is 16.0 Å². The second-order valence-electron chi connectivity index (χ2n) is 7.52. The van der Waals surface area contributed by atoms with Crippen LogP contribution in [0.3, 0.4) is 0 Å². The molecule has 8 heteroatoms. The summed E-state index contributed by atoms with van der Waals surface area (Å²) >= 11 is 0. The average molecular weight is 503 g/mol. The van der Waals surface area contributed by atoms with Crippen molar-refractivity contribution in [1.29, 1.82) is 0 Å². The molecule has 0 heterocycles. The predicted molar refractivity (Wildman–Crippen MR) is 125 cm³/mol. The summed E-state index contributed by atoms with van der Waals surface area (Å²) in [6, 6.07) is 7.45. The minimum Gasteiger partial charge on any atom is -0.357 e. The Kier molecular flexibility index (Phi) is 11.8. The molecule has 7 nitrogen and oxygen atoms in total. The first-order valence-electron chi connectivity index (χ1n) is 9.26. The van der Waals surface area contributed by atoms with Crippen LogP contribution in [0.5, 0.6) is 0 Å². The molecular formula is C20H34IN5O2. The maximum Gasteiger partial charge on any atom is 0.253 e. The summed E-state index contributed by atoms with van der Waals surface area (Å²) in [7, 11) is 3.47. The molecule has 0 unspecified atom stereocenters. The average Bonchev–Trinajstić information content (AvgIpc) is 2.61. The van der Waals surface area contributed by atoms with Gasteiger partial charge in [0.2, 0.25) is 5.91 Å². The fourth-order valence-electron chi connectivity index (χ4n) is 2.15. The molecule has 3 N–H and O–H groups in total. The Morgan fingerprint density at radius 1 is 1.00 bits per heavy atom. The van der Waals surface area contributed by atoms with Crippen LogP contribution in [-0.2, 0) is 11.3 Å². The molecule has 0 aliphatic heterocycles. The Bertz CT molecular complexity index is 652. The third kappa shape index (κ3) is 9.38. The minimum atomic E-state index is -0.390. The Hall–Kier alpha value is -1.84. The van der Waals surface area contributed by atoms with Gasteiger partial charge in [0.15, 0.2) is 5.96 Å². The van der Waals surface area contributed by atoms with Gasteiger partial charge in [0, 0.05) is 44.7 Å². The second-order valence-corrected chi connectivity index (χ2v) is 7.52. The zero-order valence-electron chi connectivity index (χ0n) is 17.8. The lowest BCUT2D eigenvalue weighted by molar-refractivity contribution is -0.128. The van der Waals surface area contributed by atoms with Gasteiger partial charge in [-0.05, 0) is 24.6 Å². The zero-order valence-corrected chi connectivity index (χ0v) is 20.1. The molecule has 0 saturated heterocycles. The van der Waals surface area contributed by atoms with Gasteiger partial charge < -0.3 is 20.9 Å². The SMILES string of the molecule is CCNC(=NCc1ccc(C(=O)N(C)C)cc1)NCCNC(=O)C(C)(C)C.I. The maximum atomic E-state index is 11.9. The predicted octanol–water partition coefficient (Wildman–Crippen LogP) is 2.22. The van der Waals surface area contributed by atoms with E-state index >= 15 is 0 Å². The number of hydrogen-bond acceptors (Lipinski definition) is 3. The quantitative estimate of drug-likeness (QED) is 0.231. The summed E-state index contributed by atoms with van der Waals surface area (Å²) in [4.78, 5) is 29.9. The van der Waals surface area contributed by atoms with Crippen LogP contribution in [0.25, 0.3) is 0 Å². The Labute approximate surface area is 185 Å². The number of aliphatic imine (C=N–C) groups is 1. The molecule has 0 aromatic heterocycles. The van der Waals surface area contributed by atoms with Crippen molar-refractivity contribution in [3.63, 3.8) is 0 Å². The van der Waals surface area contributed by atoms with Crippen LogP contribution in [-0.4, -0.2) is 56.4 Å². The van der Waals surface area contributed by atoms with E-state index in [1.165, 1.54) is 0 Å². The fraction of sp³-hybridized carbons (Fsp3) is 0.550. The van der Waals surface area contributed by atoms with E-state index in [-0.39, 0.29) is 35.8 Å². The first-order valence-corrected chi connectivity index (χ1v) is 9.26. The summed E-state index contributed by atoms with van der Waals surface area (Å²) in [6.07, 6.45) is 0. The number of carbonyl (C=O) groups is 2. The van der Waals surface area contributed by atoms with Gasteiger partial charge in [-0.1, -0.05) is 32.9 Å². The smallest absolute Gasteiger partial charge is 0.253 e. The van der Waals surface area contributed by atoms with E-state index in [0.717, 1.165) is 12.1 Å². The number of hydrogen-bond donors (Lipinski definition) is 3. The number of guanidine groups is 1. The molecule has 1 aromatic carbocycles. The van der Waals surface area contributed by atoms with Crippen molar-refractivity contribution in [3.8, 4) is 0 Å². The van der Waals surface area contributed by atoms with Crippen molar-refractivity contribution < 1.29 is 9.59 Å². The lowest BCUT2D eigenvalue weighted by Gasteiger charge is -2.18. The molecule has 0 aliphatic rings. The van der Waals surface area contributed by atoms with Crippen LogP contribution in [0, 0.1) is 5.41 Å². The van der Waals surface area contributed by atoms with E-state index < -0.39 is 5.41 Å². The summed E-state index contributed by atoms with van der Waals surface area (Å²) in [5.74, 6) is 0.701. The summed E-state index contributed by atoms with van der Waals surface area (Å²) < 4.78 is 0. The van der Waals surface area contributed by atoms with Gasteiger partial charge >= 0.3 is 0 Å². The highest BCUT2D eigenvalue weighted by atomic mass is 127. The molecule has 0 atom stereocenters. The van der Waals surface area contributed by atoms with Crippen molar-refractivity contribution in [2.45, 2.75) is 34.2 Å². The highest BCUT2D eigenvalue weighted by Gasteiger charge is 2.20. The Morgan fingerprint density at radius 3 is 2.07 bits per heavy atom. The van der Waals surface area contributed by atoms with E-state index in [0.29, 0.717) is 31.2 Å². The van der Waals surface area contributed by atoms with Gasteiger partial charge in [-0.15, -0.1) is 24.0 Å². The van der Waals surface area contributed by atoms with Gasteiger partial charge in [-0.3, -0.25) is 9.59 Å². The van der Waals surface area contributed by atoms with E-state index in [4.69, 9.17) is 0 Å². The van der Waals surface area contributed by atoms with Crippen LogP contribution in [0.15, 0.2) is 29.3 Å². The molecule has 1 rings (SSSR count). The van der Waals surface area contributed by atoms with Gasteiger partial charge in [-0.2, -0.15) is 0 Å². The maximum absolute atomic E-state index is 11.9. The number of carbonyl (C=O) groups excluding carboxylic acids is 2. The van der Waals surface area contributed by atoms with Gasteiger partial charge in [-0.25, -0.2) is 4.99 Å². The van der Waals surface area contributed by atoms with Gasteiger partial charge in [0.25, 0.3) is 5.91 Å². The largest absolute Gasteiger partial charge is 0.357 e. The standard InChI is InChI=1S/C20H33N5O2.HI/c1-7-21-19(23-13-12-22-18(27)20(2,3)4)24-14-15-8-10-16(11-9-15)17(26)25(5)6;/h8-11H,7,12-14H2,1-6H3,(H,22,27)(H2,21,23,24);1H. The highest BCUT2D eigenvalue weighted by molar-refractivity contribution is 14.0. The van der Waals surface area contributed by atoms with Crippen LogP contribution in [0.4, 0.5) is 0 Å². The molecule has 1 aromatic rings. The molecular weight excluding hydrogens is 469 g/mol. The van der Waals surface area contributed by atoms with Crippen molar-refractivity contribution in [2.75, 3.05) is 33.7 Å². The number of benzene rings is 1. The van der Waals surface area contributed by atoms with Crippen molar-refractivity contribution >= 4 is 41.8 Å². The van der Waals surface area contributed by atoms with Crippen molar-refractivity contribution in [3.05, 3.63) is 35.4 Å². The molecule has 158 valence electrons. The van der Waals surface area contributed by atoms with Gasteiger partial charge in [0.1, 0.15) is 0 Å². The summed E-state index contributed by atoms with van der Waals surface area (Å²) in [6.45, 7) is 10.0. The third-order valence-corrected chi connectivity index (χ3v) is 3.76. The lowest BCUT2D eigenvalue weighted by Crippen LogP contribution is -2.43. The molecule has 0 saturated carbocycles. The summed E-state index contributed by atoms with van der Waals surface area (Å²) in [5, 5.41) is 9.29. The Morgan fingerprint density at radius 2 is 1.57 bits per heavy atom. The van der Waals surface area contributed by atoms with Crippen molar-refractivity contribution in [1.82, 2.24) is 20.9 Å². The zero-order chi connectivity index (χ0) is 20.4.